The van der Waals surface area contributed by atoms with E-state index in [2.05, 4.69) is 0 Å². The van der Waals surface area contributed by atoms with Crippen molar-refractivity contribution in [1.82, 2.24) is 0 Å². The van der Waals surface area contributed by atoms with Crippen LogP contribution in [-0.2, 0) is 6.42 Å². The highest BCUT2D eigenvalue weighted by Crippen LogP contribution is 2.24. The molecule has 0 fully saturated rings. The molecule has 0 bridgehead atoms. The van der Waals surface area contributed by atoms with Gasteiger partial charge < -0.3 is 15.2 Å². The first-order valence-corrected chi connectivity index (χ1v) is 4.71. The summed E-state index contributed by atoms with van der Waals surface area (Å²) in [5, 5.41) is 7.18. The van der Waals surface area contributed by atoms with Gasteiger partial charge in [-0.3, -0.25) is 5.41 Å². The molecular weight excluding hydrogens is 192 g/mol. The summed E-state index contributed by atoms with van der Waals surface area (Å²) in [6.07, 6.45) is 1.22. The molecule has 0 unspecified atom stereocenters. The van der Waals surface area contributed by atoms with E-state index in [1.165, 1.54) is 0 Å². The van der Waals surface area contributed by atoms with Crippen LogP contribution in [0.2, 0.25) is 0 Å². The monoisotopic (exact) mass is 208 g/mol. The van der Waals surface area contributed by atoms with Crippen molar-refractivity contribution in [2.45, 2.75) is 12.8 Å². The second-order valence-corrected chi connectivity index (χ2v) is 3.20. The lowest BCUT2D eigenvalue weighted by atomic mass is 10.1. The molecule has 4 nitrogen and oxygen atoms in total. The van der Waals surface area contributed by atoms with Gasteiger partial charge in [0.2, 0.25) is 0 Å². The molecule has 0 heterocycles. The Kier molecular flexibility index (Phi) is 3.97. The molecule has 82 valence electrons. The molecule has 15 heavy (non-hydrogen) atoms. The van der Waals surface area contributed by atoms with Crippen LogP contribution < -0.4 is 15.2 Å². The summed E-state index contributed by atoms with van der Waals surface area (Å²) < 4.78 is 10.3. The van der Waals surface area contributed by atoms with Crippen LogP contribution in [0, 0.1) is 5.41 Å². The Morgan fingerprint density at radius 1 is 1.33 bits per heavy atom. The summed E-state index contributed by atoms with van der Waals surface area (Å²) in [6, 6.07) is 5.60. The minimum atomic E-state index is 0.180. The first kappa shape index (κ1) is 11.4. The Labute approximate surface area is 89.5 Å². The number of benzene rings is 1. The first-order chi connectivity index (χ1) is 7.17. The molecule has 0 saturated carbocycles. The Morgan fingerprint density at radius 3 is 2.60 bits per heavy atom. The van der Waals surface area contributed by atoms with E-state index < -0.39 is 0 Å². The van der Waals surface area contributed by atoms with E-state index in [1.807, 2.05) is 18.2 Å². The van der Waals surface area contributed by atoms with Crippen LogP contribution in [0.15, 0.2) is 18.2 Å². The number of rotatable bonds is 5. The van der Waals surface area contributed by atoms with Gasteiger partial charge in [-0.2, -0.15) is 0 Å². The average Bonchev–Trinajstić information content (AvgIpc) is 2.25. The molecule has 0 spiro atoms. The maximum Gasteiger partial charge on any atom is 0.122 e. The van der Waals surface area contributed by atoms with Gasteiger partial charge >= 0.3 is 0 Å². The molecule has 0 amide bonds. The van der Waals surface area contributed by atoms with E-state index >= 15 is 0 Å². The van der Waals surface area contributed by atoms with Crippen molar-refractivity contribution in [1.29, 1.82) is 5.41 Å². The maximum atomic E-state index is 7.18. The highest BCUT2D eigenvalue weighted by Gasteiger charge is 2.05. The normalized spacial score (nSPS) is 9.73. The summed E-state index contributed by atoms with van der Waals surface area (Å²) in [5.41, 5.74) is 6.32. The molecule has 0 aromatic heterocycles. The molecule has 1 aromatic carbocycles. The van der Waals surface area contributed by atoms with Crippen molar-refractivity contribution >= 4 is 5.84 Å². The summed E-state index contributed by atoms with van der Waals surface area (Å²) in [7, 11) is 3.25. The summed E-state index contributed by atoms with van der Waals surface area (Å²) in [6.45, 7) is 0. The molecule has 1 rings (SSSR count). The molecule has 0 radical (unpaired) electrons. The molecule has 0 aliphatic heterocycles. The first-order valence-electron chi connectivity index (χ1n) is 4.71. The second-order valence-electron chi connectivity index (χ2n) is 3.20. The SMILES string of the molecule is COc1ccc(OC)c(CCC(=N)N)c1. The van der Waals surface area contributed by atoms with Gasteiger partial charge in [-0.25, -0.2) is 0 Å². The van der Waals surface area contributed by atoms with Crippen LogP contribution >= 0.6 is 0 Å². The van der Waals surface area contributed by atoms with Gasteiger partial charge in [-0.1, -0.05) is 0 Å². The van der Waals surface area contributed by atoms with Crippen molar-refractivity contribution in [3.05, 3.63) is 23.8 Å². The van der Waals surface area contributed by atoms with Crippen LogP contribution in [0.25, 0.3) is 0 Å². The number of methoxy groups -OCH3 is 2. The number of nitrogens with two attached hydrogens (primary N) is 1. The lowest BCUT2D eigenvalue weighted by Gasteiger charge is -2.09. The zero-order valence-electron chi connectivity index (χ0n) is 9.04. The van der Waals surface area contributed by atoms with Crippen molar-refractivity contribution in [3.8, 4) is 11.5 Å². The van der Waals surface area contributed by atoms with Crippen molar-refractivity contribution in [2.75, 3.05) is 14.2 Å². The molecule has 0 saturated heterocycles. The maximum absolute atomic E-state index is 7.18. The third-order valence-electron chi connectivity index (χ3n) is 2.15. The predicted molar refractivity (Wildman–Crippen MR) is 59.8 cm³/mol. The standard InChI is InChI=1S/C11H16N2O2/c1-14-9-4-5-10(15-2)8(7-9)3-6-11(12)13/h4-5,7H,3,6H2,1-2H3,(H3,12,13). The van der Waals surface area contributed by atoms with Gasteiger partial charge in [-0.05, 0) is 30.2 Å². The fourth-order valence-corrected chi connectivity index (χ4v) is 1.35. The van der Waals surface area contributed by atoms with E-state index in [1.54, 1.807) is 14.2 Å². The van der Waals surface area contributed by atoms with E-state index in [0.717, 1.165) is 17.1 Å². The van der Waals surface area contributed by atoms with Gasteiger partial charge in [0.1, 0.15) is 11.5 Å². The van der Waals surface area contributed by atoms with Crippen LogP contribution in [0.5, 0.6) is 11.5 Å². The lowest BCUT2D eigenvalue weighted by molar-refractivity contribution is 0.399. The van der Waals surface area contributed by atoms with E-state index in [4.69, 9.17) is 20.6 Å². The van der Waals surface area contributed by atoms with Gasteiger partial charge in [-0.15, -0.1) is 0 Å². The highest BCUT2D eigenvalue weighted by atomic mass is 16.5. The second kappa shape index (κ2) is 5.24. The number of nitrogens with one attached hydrogen (secondary N) is 1. The third kappa shape index (κ3) is 3.16. The zero-order valence-corrected chi connectivity index (χ0v) is 9.04. The number of aryl methyl sites for hydroxylation is 1. The Morgan fingerprint density at radius 2 is 2.07 bits per heavy atom. The van der Waals surface area contributed by atoms with Gasteiger partial charge in [0.15, 0.2) is 0 Å². The van der Waals surface area contributed by atoms with E-state index in [9.17, 15) is 0 Å². The topological polar surface area (TPSA) is 68.3 Å². The van der Waals surface area contributed by atoms with Crippen LogP contribution in [0.3, 0.4) is 0 Å². The zero-order chi connectivity index (χ0) is 11.3. The molecule has 0 aliphatic rings. The van der Waals surface area contributed by atoms with Crippen molar-refractivity contribution < 1.29 is 9.47 Å². The van der Waals surface area contributed by atoms with Gasteiger partial charge in [0, 0.05) is 6.42 Å². The van der Waals surface area contributed by atoms with Crippen LogP contribution in [0.4, 0.5) is 0 Å². The fourth-order valence-electron chi connectivity index (χ4n) is 1.35. The Hall–Kier alpha value is -1.71. The quantitative estimate of drug-likeness (QED) is 0.570. The Bertz CT molecular complexity index is 350. The minimum Gasteiger partial charge on any atom is -0.497 e. The van der Waals surface area contributed by atoms with Crippen molar-refractivity contribution in [3.63, 3.8) is 0 Å². The van der Waals surface area contributed by atoms with E-state index in [0.29, 0.717) is 12.8 Å². The average molecular weight is 208 g/mol. The molecule has 4 heteroatoms. The van der Waals surface area contributed by atoms with Crippen molar-refractivity contribution in [2.24, 2.45) is 5.73 Å². The Balaban J connectivity index is 2.85. The van der Waals surface area contributed by atoms with Crippen LogP contribution in [0.1, 0.15) is 12.0 Å². The molecular formula is C11H16N2O2. The molecule has 1 aromatic rings. The van der Waals surface area contributed by atoms with Gasteiger partial charge in [0.05, 0.1) is 20.1 Å². The largest absolute Gasteiger partial charge is 0.497 e. The third-order valence-corrected chi connectivity index (χ3v) is 2.15. The van der Waals surface area contributed by atoms with Crippen LogP contribution in [-0.4, -0.2) is 20.1 Å². The highest BCUT2D eigenvalue weighted by molar-refractivity contribution is 5.77. The number of hydrogen-bond acceptors (Lipinski definition) is 3. The summed E-state index contributed by atoms with van der Waals surface area (Å²) >= 11 is 0. The van der Waals surface area contributed by atoms with Gasteiger partial charge in [0.25, 0.3) is 0 Å². The van der Waals surface area contributed by atoms with E-state index in [-0.39, 0.29) is 5.84 Å². The molecule has 0 atom stereocenters. The predicted octanol–water partition coefficient (Wildman–Crippen LogP) is 1.57. The fraction of sp³-hybridized carbons (Fsp3) is 0.364. The molecule has 3 N–H and O–H groups in total. The summed E-state index contributed by atoms with van der Waals surface area (Å²) in [4.78, 5) is 0. The lowest BCUT2D eigenvalue weighted by Crippen LogP contribution is -2.10. The number of ether oxygens (including phenoxy) is 2. The molecule has 0 aliphatic carbocycles. The number of hydrogen-bond donors (Lipinski definition) is 2. The minimum absolute atomic E-state index is 0.180. The number of amidine groups is 1. The summed E-state index contributed by atoms with van der Waals surface area (Å²) in [5.74, 6) is 1.77. The smallest absolute Gasteiger partial charge is 0.122 e.